The number of hydrogen-bond donors (Lipinski definition) is 2. The number of rotatable bonds is 3. The first kappa shape index (κ1) is 12.6. The van der Waals surface area contributed by atoms with Crippen LogP contribution in [0, 0.1) is 11.3 Å². The molecule has 1 amide bonds. The van der Waals surface area contributed by atoms with Crippen molar-refractivity contribution in [2.75, 3.05) is 24.6 Å². The van der Waals surface area contributed by atoms with E-state index >= 15 is 0 Å². The molecular weight excluding hydrogens is 230 g/mol. The van der Waals surface area contributed by atoms with Crippen LogP contribution in [-0.4, -0.2) is 36.8 Å². The third kappa shape index (κ3) is 2.50. The lowest BCUT2D eigenvalue weighted by Crippen LogP contribution is -2.55. The predicted octanol–water partition coefficient (Wildman–Crippen LogP) is 0.245. The zero-order valence-electron chi connectivity index (χ0n) is 9.97. The molecule has 1 aromatic carbocycles. The van der Waals surface area contributed by atoms with Crippen LogP contribution in [0.4, 0.5) is 5.69 Å². The van der Waals surface area contributed by atoms with Gasteiger partial charge in [0.25, 0.3) is 0 Å². The van der Waals surface area contributed by atoms with Gasteiger partial charge in [0.05, 0.1) is 17.7 Å². The van der Waals surface area contributed by atoms with E-state index in [-0.39, 0.29) is 18.6 Å². The Kier molecular flexibility index (Phi) is 3.92. The van der Waals surface area contributed by atoms with Crippen LogP contribution in [0.3, 0.4) is 0 Å². The molecule has 0 spiro atoms. The number of aliphatic hydroxyl groups excluding tert-OH is 1. The van der Waals surface area contributed by atoms with E-state index in [1.807, 2.05) is 6.07 Å². The molecule has 1 saturated heterocycles. The van der Waals surface area contributed by atoms with Crippen molar-refractivity contribution >= 4 is 11.6 Å². The summed E-state index contributed by atoms with van der Waals surface area (Å²) in [6, 6.07) is 8.73. The fourth-order valence-corrected chi connectivity index (χ4v) is 2.09. The molecule has 0 saturated carbocycles. The van der Waals surface area contributed by atoms with Crippen LogP contribution in [0.25, 0.3) is 0 Å². The molecule has 0 radical (unpaired) electrons. The number of carbonyl (C=O) groups is 1. The highest BCUT2D eigenvalue weighted by molar-refractivity contribution is 5.98. The van der Waals surface area contributed by atoms with Crippen molar-refractivity contribution in [3.8, 4) is 6.07 Å². The Morgan fingerprint density at radius 2 is 2.39 bits per heavy atom. The predicted molar refractivity (Wildman–Crippen MR) is 67.0 cm³/mol. The number of anilines is 1. The van der Waals surface area contributed by atoms with E-state index < -0.39 is 0 Å². The van der Waals surface area contributed by atoms with E-state index in [2.05, 4.69) is 11.4 Å². The highest BCUT2D eigenvalue weighted by Gasteiger charge is 2.28. The molecule has 0 aromatic heterocycles. The van der Waals surface area contributed by atoms with Crippen LogP contribution in [0.1, 0.15) is 12.0 Å². The molecule has 1 heterocycles. The molecule has 18 heavy (non-hydrogen) atoms. The van der Waals surface area contributed by atoms with Gasteiger partial charge in [-0.15, -0.1) is 0 Å². The molecule has 0 bridgehead atoms. The summed E-state index contributed by atoms with van der Waals surface area (Å²) >= 11 is 0. The zero-order valence-corrected chi connectivity index (χ0v) is 9.97. The second-order valence-corrected chi connectivity index (χ2v) is 4.17. The minimum absolute atomic E-state index is 0.0184. The Morgan fingerprint density at radius 1 is 1.56 bits per heavy atom. The summed E-state index contributed by atoms with van der Waals surface area (Å²) in [6.45, 7) is 1.25. The number of aliphatic hydroxyl groups is 1. The number of amides is 1. The SMILES string of the molecule is N#Cc1cccc(N2CCNC(CCO)C2=O)c1. The maximum absolute atomic E-state index is 12.2. The molecule has 1 unspecified atom stereocenters. The summed E-state index contributed by atoms with van der Waals surface area (Å²) in [5.74, 6) is -0.0506. The first-order chi connectivity index (χ1) is 8.76. The van der Waals surface area contributed by atoms with Crippen LogP contribution >= 0.6 is 0 Å². The lowest BCUT2D eigenvalue weighted by molar-refractivity contribution is -0.122. The van der Waals surface area contributed by atoms with E-state index in [9.17, 15) is 4.79 Å². The maximum Gasteiger partial charge on any atom is 0.244 e. The van der Waals surface area contributed by atoms with Gasteiger partial charge in [-0.25, -0.2) is 0 Å². The van der Waals surface area contributed by atoms with E-state index in [4.69, 9.17) is 10.4 Å². The number of hydrogen-bond acceptors (Lipinski definition) is 4. The van der Waals surface area contributed by atoms with Gasteiger partial charge in [-0.1, -0.05) is 6.07 Å². The highest BCUT2D eigenvalue weighted by Crippen LogP contribution is 2.19. The largest absolute Gasteiger partial charge is 0.396 e. The number of piperazine rings is 1. The van der Waals surface area contributed by atoms with Gasteiger partial charge >= 0.3 is 0 Å². The Hall–Kier alpha value is -1.90. The minimum Gasteiger partial charge on any atom is -0.396 e. The molecule has 5 heteroatoms. The fraction of sp³-hybridized carbons (Fsp3) is 0.385. The van der Waals surface area contributed by atoms with E-state index in [1.54, 1.807) is 23.1 Å². The lowest BCUT2D eigenvalue weighted by atomic mass is 10.1. The number of carbonyl (C=O) groups excluding carboxylic acids is 1. The van der Waals surface area contributed by atoms with Crippen molar-refractivity contribution < 1.29 is 9.90 Å². The van der Waals surface area contributed by atoms with Crippen LogP contribution < -0.4 is 10.2 Å². The van der Waals surface area contributed by atoms with Crippen molar-refractivity contribution in [1.82, 2.24) is 5.32 Å². The van der Waals surface area contributed by atoms with Crippen LogP contribution in [-0.2, 0) is 4.79 Å². The summed E-state index contributed by atoms with van der Waals surface area (Å²) in [6.07, 6.45) is 0.410. The molecule has 5 nitrogen and oxygen atoms in total. The summed E-state index contributed by atoms with van der Waals surface area (Å²) < 4.78 is 0. The molecule has 94 valence electrons. The molecule has 1 aliphatic rings. The van der Waals surface area contributed by atoms with Crippen LogP contribution in [0.15, 0.2) is 24.3 Å². The number of nitrogens with one attached hydrogen (secondary N) is 1. The second-order valence-electron chi connectivity index (χ2n) is 4.17. The normalized spacial score (nSPS) is 19.7. The third-order valence-electron chi connectivity index (χ3n) is 2.99. The molecule has 1 fully saturated rings. The second kappa shape index (κ2) is 5.63. The Balaban J connectivity index is 2.21. The standard InChI is InChI=1S/C13H15N3O2/c14-9-10-2-1-3-11(8-10)16-6-5-15-12(4-7-17)13(16)18/h1-3,8,12,15,17H,4-7H2. The van der Waals surface area contributed by atoms with Crippen molar-refractivity contribution in [2.45, 2.75) is 12.5 Å². The number of benzene rings is 1. The van der Waals surface area contributed by atoms with Crippen molar-refractivity contribution in [3.63, 3.8) is 0 Å². The molecule has 1 aliphatic heterocycles. The zero-order chi connectivity index (χ0) is 13.0. The fourth-order valence-electron chi connectivity index (χ4n) is 2.09. The number of nitriles is 1. The number of nitrogens with zero attached hydrogens (tertiary/aromatic N) is 2. The van der Waals surface area contributed by atoms with E-state index in [1.165, 1.54) is 0 Å². The van der Waals surface area contributed by atoms with E-state index in [0.717, 1.165) is 5.69 Å². The first-order valence-corrected chi connectivity index (χ1v) is 5.92. The molecule has 1 atom stereocenters. The van der Waals surface area contributed by atoms with Crippen LogP contribution in [0.5, 0.6) is 0 Å². The van der Waals surface area contributed by atoms with Gasteiger partial charge in [0, 0.05) is 25.4 Å². The molecule has 1 aromatic rings. The summed E-state index contributed by atoms with van der Waals surface area (Å²) in [4.78, 5) is 13.8. The smallest absolute Gasteiger partial charge is 0.244 e. The molecule has 2 N–H and O–H groups in total. The summed E-state index contributed by atoms with van der Waals surface area (Å²) in [5, 5.41) is 20.9. The molecule has 2 rings (SSSR count). The molecule has 0 aliphatic carbocycles. The van der Waals surface area contributed by atoms with Crippen molar-refractivity contribution in [2.24, 2.45) is 0 Å². The Labute approximate surface area is 106 Å². The monoisotopic (exact) mass is 245 g/mol. The quantitative estimate of drug-likeness (QED) is 0.800. The minimum atomic E-state index is -0.338. The van der Waals surface area contributed by atoms with Gasteiger partial charge in [-0.3, -0.25) is 4.79 Å². The molecular formula is C13H15N3O2. The van der Waals surface area contributed by atoms with Gasteiger partial charge in [0.15, 0.2) is 0 Å². The lowest BCUT2D eigenvalue weighted by Gasteiger charge is -2.33. The van der Waals surface area contributed by atoms with Crippen molar-refractivity contribution in [1.29, 1.82) is 5.26 Å². The Morgan fingerprint density at radius 3 is 3.11 bits per heavy atom. The highest BCUT2D eigenvalue weighted by atomic mass is 16.3. The van der Waals surface area contributed by atoms with Gasteiger partial charge in [-0.05, 0) is 24.6 Å². The third-order valence-corrected chi connectivity index (χ3v) is 2.99. The average Bonchev–Trinajstić information content (AvgIpc) is 2.41. The Bertz CT molecular complexity index is 479. The van der Waals surface area contributed by atoms with Crippen molar-refractivity contribution in [3.05, 3.63) is 29.8 Å². The van der Waals surface area contributed by atoms with Gasteiger partial charge < -0.3 is 15.3 Å². The maximum atomic E-state index is 12.2. The first-order valence-electron chi connectivity index (χ1n) is 5.92. The van der Waals surface area contributed by atoms with Gasteiger partial charge in [0.2, 0.25) is 5.91 Å². The van der Waals surface area contributed by atoms with Gasteiger partial charge in [0.1, 0.15) is 0 Å². The summed E-state index contributed by atoms with van der Waals surface area (Å²) in [7, 11) is 0. The average molecular weight is 245 g/mol. The summed E-state index contributed by atoms with van der Waals surface area (Å²) in [5.41, 5.74) is 1.28. The van der Waals surface area contributed by atoms with Crippen LogP contribution in [0.2, 0.25) is 0 Å². The van der Waals surface area contributed by atoms with Gasteiger partial charge in [-0.2, -0.15) is 5.26 Å². The topological polar surface area (TPSA) is 76.4 Å². The van der Waals surface area contributed by atoms with E-state index in [0.29, 0.717) is 25.1 Å².